The van der Waals surface area contributed by atoms with E-state index in [-0.39, 0.29) is 0 Å². The number of fused-ring (bicyclic) bond motifs is 2. The summed E-state index contributed by atoms with van der Waals surface area (Å²) in [5.41, 5.74) is 0. The fourth-order valence-corrected chi connectivity index (χ4v) is 3.04. The molecule has 2 aliphatic rings. The zero-order valence-electron chi connectivity index (χ0n) is 12.1. The van der Waals surface area contributed by atoms with Gasteiger partial charge in [-0.2, -0.15) is 0 Å². The van der Waals surface area contributed by atoms with Crippen molar-refractivity contribution in [3.05, 3.63) is 0 Å². The number of hydrogen-bond acceptors (Lipinski definition) is 2. The molecule has 0 aromatic carbocycles. The maximum atomic E-state index is 10.3. The van der Waals surface area contributed by atoms with Gasteiger partial charge in [0.15, 0.2) is 0 Å². The van der Waals surface area contributed by atoms with Crippen LogP contribution in [0.15, 0.2) is 0 Å². The summed E-state index contributed by atoms with van der Waals surface area (Å²) in [5.74, 6) is 0.152. The van der Waals surface area contributed by atoms with Gasteiger partial charge >= 0.3 is 5.97 Å². The second-order valence-electron chi connectivity index (χ2n) is 6.08. The predicted octanol–water partition coefficient (Wildman–Crippen LogP) is 3.43. The fourth-order valence-electron chi connectivity index (χ4n) is 3.04. The molecular formula is C15H29NO2. The molecule has 0 aromatic heterocycles. The molecule has 2 rings (SSSR count). The highest BCUT2D eigenvalue weighted by molar-refractivity contribution is 5.67. The third kappa shape index (κ3) is 5.38. The van der Waals surface area contributed by atoms with Crippen LogP contribution < -0.4 is 5.32 Å². The van der Waals surface area contributed by atoms with Crippen LogP contribution in [0.25, 0.3) is 0 Å². The van der Waals surface area contributed by atoms with Crippen LogP contribution in [0.2, 0.25) is 0 Å². The molecule has 2 heterocycles. The van der Waals surface area contributed by atoms with E-state index < -0.39 is 5.97 Å². The maximum Gasteiger partial charge on any atom is 0.303 e. The van der Waals surface area contributed by atoms with Crippen molar-refractivity contribution in [3.8, 4) is 0 Å². The molecule has 0 saturated carbocycles. The van der Waals surface area contributed by atoms with Crippen molar-refractivity contribution in [2.45, 2.75) is 77.8 Å². The number of nitrogens with one attached hydrogen (secondary N) is 1. The Morgan fingerprint density at radius 2 is 1.78 bits per heavy atom. The maximum absolute atomic E-state index is 10.3. The Kier molecular flexibility index (Phi) is 6.69. The summed E-state index contributed by atoms with van der Waals surface area (Å²) in [6.45, 7) is 6.17. The molecule has 0 aliphatic carbocycles. The van der Waals surface area contributed by atoms with Gasteiger partial charge in [-0.05, 0) is 37.5 Å². The largest absolute Gasteiger partial charge is 0.481 e. The molecule has 2 N–H and O–H groups in total. The first-order valence-corrected chi connectivity index (χ1v) is 7.50. The highest BCUT2D eigenvalue weighted by Crippen LogP contribution is 2.25. The molecule has 3 atom stereocenters. The van der Waals surface area contributed by atoms with Crippen molar-refractivity contribution < 1.29 is 9.90 Å². The average Bonchev–Trinajstić information content (AvgIpc) is 2.65. The molecule has 3 nitrogen and oxygen atoms in total. The fraction of sp³-hybridized carbons (Fsp3) is 0.933. The van der Waals surface area contributed by atoms with Crippen LogP contribution in [-0.2, 0) is 4.79 Å². The number of carboxylic acid groups (broad SMARTS) is 1. The van der Waals surface area contributed by atoms with Crippen molar-refractivity contribution >= 4 is 5.97 Å². The third-order valence-electron chi connectivity index (χ3n) is 4.34. The van der Waals surface area contributed by atoms with Crippen molar-refractivity contribution in [1.29, 1.82) is 0 Å². The molecule has 2 bridgehead atoms. The van der Waals surface area contributed by atoms with Gasteiger partial charge < -0.3 is 10.4 Å². The molecule has 0 spiro atoms. The highest BCUT2D eigenvalue weighted by atomic mass is 16.4. The second-order valence-corrected chi connectivity index (χ2v) is 6.08. The first-order chi connectivity index (χ1) is 8.52. The number of carboxylic acids is 1. The van der Waals surface area contributed by atoms with E-state index in [0.717, 1.165) is 18.5 Å². The van der Waals surface area contributed by atoms with Crippen LogP contribution in [0.3, 0.4) is 0 Å². The summed E-state index contributed by atoms with van der Waals surface area (Å²) >= 11 is 0. The van der Waals surface area contributed by atoms with E-state index in [9.17, 15) is 4.79 Å². The van der Waals surface area contributed by atoms with Crippen LogP contribution in [0, 0.1) is 11.8 Å². The van der Waals surface area contributed by atoms with Crippen LogP contribution >= 0.6 is 0 Å². The lowest BCUT2D eigenvalue weighted by Gasteiger charge is -2.19. The zero-order valence-corrected chi connectivity index (χ0v) is 12.1. The summed E-state index contributed by atoms with van der Waals surface area (Å²) < 4.78 is 0. The lowest BCUT2D eigenvalue weighted by Crippen LogP contribution is -2.33. The van der Waals surface area contributed by atoms with E-state index in [0.29, 0.717) is 18.3 Å². The van der Waals surface area contributed by atoms with Crippen molar-refractivity contribution in [2.75, 3.05) is 0 Å². The Bertz CT molecular complexity index is 239. The Morgan fingerprint density at radius 3 is 2.06 bits per heavy atom. The Labute approximate surface area is 111 Å². The summed E-state index contributed by atoms with van der Waals surface area (Å²) in [5, 5.41) is 12.1. The molecule has 2 saturated heterocycles. The summed E-state index contributed by atoms with van der Waals surface area (Å²) in [7, 11) is 0. The van der Waals surface area contributed by atoms with E-state index >= 15 is 0 Å². The third-order valence-corrected chi connectivity index (χ3v) is 4.34. The highest BCUT2D eigenvalue weighted by Gasteiger charge is 2.26. The summed E-state index contributed by atoms with van der Waals surface area (Å²) in [6.07, 6.45) is 8.53. The molecule has 2 aliphatic heterocycles. The molecule has 3 heteroatoms. The quantitative estimate of drug-likeness (QED) is 0.809. The van der Waals surface area contributed by atoms with Crippen LogP contribution in [0.1, 0.15) is 65.7 Å². The minimum Gasteiger partial charge on any atom is -0.481 e. The normalized spacial score (nSPS) is 27.6. The minimum atomic E-state index is -0.680. The van der Waals surface area contributed by atoms with Gasteiger partial charge in [0.1, 0.15) is 0 Å². The zero-order chi connectivity index (χ0) is 13.5. The number of hydrogen-bond donors (Lipinski definition) is 2. The molecule has 0 aromatic rings. The minimum absolute atomic E-state index is 0.314. The average molecular weight is 255 g/mol. The first kappa shape index (κ1) is 15.5. The van der Waals surface area contributed by atoms with Gasteiger partial charge in [0, 0.05) is 18.5 Å². The summed E-state index contributed by atoms with van der Waals surface area (Å²) in [4.78, 5) is 10.3. The molecule has 2 fully saturated rings. The lowest BCUT2D eigenvalue weighted by atomic mass is 9.90. The van der Waals surface area contributed by atoms with Crippen molar-refractivity contribution in [2.24, 2.45) is 11.8 Å². The van der Waals surface area contributed by atoms with Crippen LogP contribution in [0.4, 0.5) is 0 Å². The number of piperidine rings is 1. The number of carbonyl (C=O) groups is 1. The molecule has 0 amide bonds. The van der Waals surface area contributed by atoms with E-state index in [4.69, 9.17) is 5.11 Å². The summed E-state index contributed by atoms with van der Waals surface area (Å²) in [6, 6.07) is 1.82. The number of aliphatic carboxylic acids is 1. The topological polar surface area (TPSA) is 49.3 Å². The van der Waals surface area contributed by atoms with Crippen LogP contribution in [0.5, 0.6) is 0 Å². The Balaban J connectivity index is 0.000000182. The van der Waals surface area contributed by atoms with Gasteiger partial charge in [-0.1, -0.05) is 33.6 Å². The first-order valence-electron chi connectivity index (χ1n) is 7.50. The van der Waals surface area contributed by atoms with Gasteiger partial charge in [-0.25, -0.2) is 0 Å². The Morgan fingerprint density at radius 1 is 1.22 bits per heavy atom. The lowest BCUT2D eigenvalue weighted by molar-refractivity contribution is -0.138. The SMILES string of the molecule is C1CC2CCC(C1)N2.CCC(CC(=O)O)C(C)C. The molecule has 0 radical (unpaired) electrons. The van der Waals surface area contributed by atoms with Crippen LogP contribution in [-0.4, -0.2) is 23.2 Å². The van der Waals surface area contributed by atoms with E-state index in [1.165, 1.54) is 32.1 Å². The molecule has 18 heavy (non-hydrogen) atoms. The van der Waals surface area contributed by atoms with Crippen molar-refractivity contribution in [3.63, 3.8) is 0 Å². The van der Waals surface area contributed by atoms with Gasteiger partial charge in [-0.3, -0.25) is 4.79 Å². The second kappa shape index (κ2) is 7.78. The molecular weight excluding hydrogens is 226 g/mol. The Hall–Kier alpha value is -0.570. The van der Waals surface area contributed by atoms with Gasteiger partial charge in [-0.15, -0.1) is 0 Å². The van der Waals surface area contributed by atoms with Gasteiger partial charge in [0.2, 0.25) is 0 Å². The van der Waals surface area contributed by atoms with Crippen molar-refractivity contribution in [1.82, 2.24) is 5.32 Å². The van der Waals surface area contributed by atoms with E-state index in [1.54, 1.807) is 0 Å². The van der Waals surface area contributed by atoms with E-state index in [2.05, 4.69) is 19.2 Å². The number of rotatable bonds is 4. The standard InChI is InChI=1S/C8H16O2.C7H13N/c1-4-7(6(2)3)5-8(9)10;1-2-6-4-5-7(3-1)8-6/h6-7H,4-5H2,1-3H3,(H,9,10);6-8H,1-5H2. The predicted molar refractivity (Wildman–Crippen MR) is 74.7 cm³/mol. The monoisotopic (exact) mass is 255 g/mol. The van der Waals surface area contributed by atoms with Gasteiger partial charge in [0.05, 0.1) is 0 Å². The van der Waals surface area contributed by atoms with Gasteiger partial charge in [0.25, 0.3) is 0 Å². The van der Waals surface area contributed by atoms with E-state index in [1.807, 2.05) is 6.92 Å². The molecule has 3 unspecified atom stereocenters. The smallest absolute Gasteiger partial charge is 0.303 e. The molecule has 106 valence electrons.